The number of alkyl halides is 3. The summed E-state index contributed by atoms with van der Waals surface area (Å²) in [5.41, 5.74) is -0.0408. The van der Waals surface area contributed by atoms with Crippen molar-refractivity contribution in [2.45, 2.75) is 24.2 Å². The van der Waals surface area contributed by atoms with Crippen molar-refractivity contribution in [3.05, 3.63) is 60.4 Å². The molecule has 27 heavy (non-hydrogen) atoms. The Morgan fingerprint density at radius 3 is 2.44 bits per heavy atom. The van der Waals surface area contributed by atoms with Crippen molar-refractivity contribution in [2.24, 2.45) is 0 Å². The molecular formula is C16H14F4N4O2S. The lowest BCUT2D eigenvalue weighted by molar-refractivity contribution is -0.173. The minimum Gasteiger partial charge on any atom is -0.303 e. The van der Waals surface area contributed by atoms with Crippen molar-refractivity contribution in [1.82, 2.24) is 18.7 Å². The van der Waals surface area contributed by atoms with Gasteiger partial charge in [-0.05, 0) is 17.7 Å². The van der Waals surface area contributed by atoms with Crippen LogP contribution in [0.25, 0.3) is 5.65 Å². The van der Waals surface area contributed by atoms with Crippen LogP contribution in [-0.2, 0) is 10.0 Å². The average molecular weight is 402 g/mol. The van der Waals surface area contributed by atoms with Crippen LogP contribution in [0.5, 0.6) is 0 Å². The van der Waals surface area contributed by atoms with E-state index in [-0.39, 0.29) is 0 Å². The van der Waals surface area contributed by atoms with Crippen molar-refractivity contribution in [3.8, 4) is 0 Å². The van der Waals surface area contributed by atoms with Crippen LogP contribution in [0.4, 0.5) is 17.6 Å². The van der Waals surface area contributed by atoms with Crippen LogP contribution < -0.4 is 0 Å². The first kappa shape index (κ1) is 19.2. The summed E-state index contributed by atoms with van der Waals surface area (Å²) in [5.74, 6) is -0.724. The van der Waals surface area contributed by atoms with E-state index in [1.807, 2.05) is 0 Å². The third kappa shape index (κ3) is 3.65. The second kappa shape index (κ2) is 6.89. The molecule has 0 aliphatic carbocycles. The lowest BCUT2D eigenvalue weighted by Gasteiger charge is -2.31. The number of imidazole rings is 1. The fourth-order valence-electron chi connectivity index (χ4n) is 2.72. The van der Waals surface area contributed by atoms with Gasteiger partial charge in [0.05, 0.1) is 6.20 Å². The van der Waals surface area contributed by atoms with Gasteiger partial charge in [-0.1, -0.05) is 19.1 Å². The molecule has 2 heterocycles. The van der Waals surface area contributed by atoms with E-state index in [9.17, 15) is 26.0 Å². The van der Waals surface area contributed by atoms with Crippen molar-refractivity contribution in [3.63, 3.8) is 0 Å². The predicted molar refractivity (Wildman–Crippen MR) is 87.7 cm³/mol. The Morgan fingerprint density at radius 1 is 1.19 bits per heavy atom. The van der Waals surface area contributed by atoms with Gasteiger partial charge in [0, 0.05) is 25.1 Å². The maximum absolute atomic E-state index is 13.8. The molecule has 0 saturated carbocycles. The zero-order valence-corrected chi connectivity index (χ0v) is 14.7. The Hall–Kier alpha value is -2.53. The summed E-state index contributed by atoms with van der Waals surface area (Å²) in [4.78, 5) is 7.67. The first-order chi connectivity index (χ1) is 12.6. The van der Waals surface area contributed by atoms with Gasteiger partial charge in [-0.2, -0.15) is 17.5 Å². The number of sulfonamides is 1. The molecule has 144 valence electrons. The van der Waals surface area contributed by atoms with E-state index in [0.29, 0.717) is 9.95 Å². The second-order valence-electron chi connectivity index (χ2n) is 5.62. The topological polar surface area (TPSA) is 67.6 Å². The molecule has 3 rings (SSSR count). The van der Waals surface area contributed by atoms with E-state index in [1.165, 1.54) is 23.7 Å². The van der Waals surface area contributed by atoms with Crippen LogP contribution in [0, 0.1) is 5.82 Å². The molecular weight excluding hydrogens is 388 g/mol. The monoisotopic (exact) mass is 402 g/mol. The molecule has 0 N–H and O–H groups in total. The number of hydrogen-bond acceptors (Lipinski definition) is 4. The van der Waals surface area contributed by atoms with Crippen molar-refractivity contribution < 1.29 is 26.0 Å². The molecule has 0 aliphatic heterocycles. The minimum absolute atomic E-state index is 0.297. The summed E-state index contributed by atoms with van der Waals surface area (Å²) in [6.07, 6.45) is 0.190. The summed E-state index contributed by atoms with van der Waals surface area (Å²) < 4.78 is 81.9. The zero-order valence-electron chi connectivity index (χ0n) is 13.9. The summed E-state index contributed by atoms with van der Waals surface area (Å²) in [6.45, 7) is 0.823. The van der Waals surface area contributed by atoms with Crippen LogP contribution >= 0.6 is 0 Å². The molecule has 0 spiro atoms. The number of halogens is 4. The highest BCUT2D eigenvalue weighted by Gasteiger charge is 2.49. The Morgan fingerprint density at radius 2 is 1.85 bits per heavy atom. The lowest BCUT2D eigenvalue weighted by atomic mass is 10.1. The van der Waals surface area contributed by atoms with Crippen LogP contribution in [-0.4, -0.2) is 39.8 Å². The number of aromatic nitrogens is 3. The van der Waals surface area contributed by atoms with Crippen LogP contribution in [0.1, 0.15) is 18.5 Å². The highest BCUT2D eigenvalue weighted by atomic mass is 32.2. The Balaban J connectivity index is 2.11. The highest BCUT2D eigenvalue weighted by molar-refractivity contribution is 7.89. The van der Waals surface area contributed by atoms with E-state index in [0.717, 1.165) is 36.7 Å². The second-order valence-corrected chi connectivity index (χ2v) is 7.46. The maximum atomic E-state index is 13.8. The first-order valence-corrected chi connectivity index (χ1v) is 9.21. The molecule has 0 amide bonds. The smallest absolute Gasteiger partial charge is 0.303 e. The van der Waals surface area contributed by atoms with Crippen LogP contribution in [0.2, 0.25) is 0 Å². The molecule has 0 fully saturated rings. The van der Waals surface area contributed by atoms with Gasteiger partial charge in [0.1, 0.15) is 11.9 Å². The molecule has 2 aromatic heterocycles. The fraction of sp³-hybridized carbons (Fsp3) is 0.250. The number of fused-ring (bicyclic) bond motifs is 1. The summed E-state index contributed by atoms with van der Waals surface area (Å²) in [5, 5.41) is -0.550. The quantitative estimate of drug-likeness (QED) is 0.615. The van der Waals surface area contributed by atoms with Crippen molar-refractivity contribution in [1.29, 1.82) is 0 Å². The van der Waals surface area contributed by atoms with E-state index < -0.39 is 45.2 Å². The van der Waals surface area contributed by atoms with Crippen molar-refractivity contribution in [2.75, 3.05) is 6.54 Å². The van der Waals surface area contributed by atoms with Gasteiger partial charge in [-0.3, -0.25) is 0 Å². The zero-order chi connectivity index (χ0) is 19.8. The third-order valence-corrected chi connectivity index (χ3v) is 5.75. The molecule has 3 aromatic rings. The number of rotatable bonds is 5. The molecule has 1 atom stereocenters. The van der Waals surface area contributed by atoms with Gasteiger partial charge in [-0.15, -0.1) is 0 Å². The van der Waals surface area contributed by atoms with Gasteiger partial charge < -0.3 is 4.40 Å². The first-order valence-electron chi connectivity index (χ1n) is 7.77. The van der Waals surface area contributed by atoms with E-state index in [1.54, 1.807) is 0 Å². The molecule has 0 radical (unpaired) electrons. The number of nitrogens with zero attached hydrogens (tertiary/aromatic N) is 4. The lowest BCUT2D eigenvalue weighted by Crippen LogP contribution is -2.42. The molecule has 0 bridgehead atoms. The normalized spacial score (nSPS) is 14.0. The minimum atomic E-state index is -4.92. The highest BCUT2D eigenvalue weighted by Crippen LogP contribution is 2.40. The van der Waals surface area contributed by atoms with E-state index in [4.69, 9.17) is 0 Å². The van der Waals surface area contributed by atoms with Gasteiger partial charge in [-0.25, -0.2) is 22.8 Å². The predicted octanol–water partition coefficient (Wildman–Crippen LogP) is 3.18. The van der Waals surface area contributed by atoms with Gasteiger partial charge in [0.25, 0.3) is 10.0 Å². The maximum Gasteiger partial charge on any atom is 0.409 e. The SMILES string of the molecule is CCN([C@H](c1ccc(F)cc1)C(F)(F)F)S(=O)(=O)c1cn2ccnc2cn1. The standard InChI is InChI=1S/C16H14F4N4O2S/c1-2-24(15(16(18,19)20)11-3-5-12(17)6-4-11)27(25,26)14-10-23-8-7-21-13(23)9-22-14/h3-10,15H,2H2,1H3/t15-/m1/s1. The van der Waals surface area contributed by atoms with E-state index in [2.05, 4.69) is 9.97 Å². The Bertz CT molecular complexity index is 1050. The molecule has 0 saturated heterocycles. The van der Waals surface area contributed by atoms with Gasteiger partial charge in [0.15, 0.2) is 10.7 Å². The molecule has 6 nitrogen and oxygen atoms in total. The van der Waals surface area contributed by atoms with Gasteiger partial charge in [0.2, 0.25) is 0 Å². The average Bonchev–Trinajstić information content (AvgIpc) is 3.07. The number of benzene rings is 1. The largest absolute Gasteiger partial charge is 0.409 e. The van der Waals surface area contributed by atoms with Gasteiger partial charge >= 0.3 is 6.18 Å². The Kier molecular flexibility index (Phi) is 4.91. The van der Waals surface area contributed by atoms with E-state index >= 15 is 0 Å². The molecule has 0 aliphatic rings. The number of hydrogen-bond donors (Lipinski definition) is 0. The molecule has 1 aromatic carbocycles. The van der Waals surface area contributed by atoms with Crippen LogP contribution in [0.3, 0.4) is 0 Å². The summed E-state index contributed by atoms with van der Waals surface area (Å²) in [6, 6.07) is 1.05. The summed E-state index contributed by atoms with van der Waals surface area (Å²) in [7, 11) is -4.60. The van der Waals surface area contributed by atoms with Crippen LogP contribution in [0.15, 0.2) is 54.1 Å². The summed E-state index contributed by atoms with van der Waals surface area (Å²) >= 11 is 0. The molecule has 0 unspecified atom stereocenters. The fourth-order valence-corrected chi connectivity index (χ4v) is 4.25. The third-order valence-electron chi connectivity index (χ3n) is 3.92. The molecule has 11 heteroatoms. The van der Waals surface area contributed by atoms with Crippen molar-refractivity contribution >= 4 is 15.7 Å². The Labute approximate surface area is 152 Å².